The number of nitrogens with zero attached hydrogens (tertiary/aromatic N) is 1. The summed E-state index contributed by atoms with van der Waals surface area (Å²) in [6, 6.07) is 0.300. The molecule has 0 spiro atoms. The maximum absolute atomic E-state index is 5.31. The molecule has 0 saturated carbocycles. The van der Waals surface area contributed by atoms with Gasteiger partial charge < -0.3 is 11.5 Å². The first kappa shape index (κ1) is 9.10. The summed E-state index contributed by atoms with van der Waals surface area (Å²) in [6.45, 7) is 4.37. The molecule has 1 rings (SSSR count). The monoisotopic (exact) mass is 167 g/mol. The van der Waals surface area contributed by atoms with Gasteiger partial charge in [0.1, 0.15) is 0 Å². The Hall–Kier alpha value is -0.990. The average Bonchev–Trinajstić information content (AvgIpc) is 1.96. The Balaban J connectivity index is 2.59. The molecule has 2 atom stereocenters. The Kier molecular flexibility index (Phi) is 2.74. The number of aliphatic imine (C=N–C) groups is 1. The minimum Gasteiger partial charge on any atom is -0.370 e. The van der Waals surface area contributed by atoms with Crippen molar-refractivity contribution < 1.29 is 0 Å². The van der Waals surface area contributed by atoms with Crippen LogP contribution in [-0.2, 0) is 0 Å². The van der Waals surface area contributed by atoms with Crippen LogP contribution >= 0.6 is 0 Å². The van der Waals surface area contributed by atoms with E-state index in [9.17, 15) is 0 Å². The molecule has 3 heteroatoms. The molecular formula is C9H17N3. The average molecular weight is 167 g/mol. The van der Waals surface area contributed by atoms with E-state index < -0.39 is 0 Å². The van der Waals surface area contributed by atoms with Crippen LogP contribution in [0.2, 0.25) is 0 Å². The van der Waals surface area contributed by atoms with Crippen molar-refractivity contribution in [3.63, 3.8) is 0 Å². The topological polar surface area (TPSA) is 64.4 Å². The van der Waals surface area contributed by atoms with Crippen LogP contribution in [0.1, 0.15) is 26.7 Å². The summed E-state index contributed by atoms with van der Waals surface area (Å²) >= 11 is 0. The molecule has 0 saturated heterocycles. The van der Waals surface area contributed by atoms with Crippen LogP contribution in [0.4, 0.5) is 0 Å². The van der Waals surface area contributed by atoms with Crippen LogP contribution in [0.5, 0.6) is 0 Å². The van der Waals surface area contributed by atoms with Gasteiger partial charge in [-0.15, -0.1) is 0 Å². The van der Waals surface area contributed by atoms with Crippen molar-refractivity contribution in [3.8, 4) is 0 Å². The Morgan fingerprint density at radius 1 is 1.58 bits per heavy atom. The van der Waals surface area contributed by atoms with Crippen LogP contribution in [0.3, 0.4) is 0 Å². The normalized spacial score (nSPS) is 29.3. The van der Waals surface area contributed by atoms with Crippen LogP contribution in [0.25, 0.3) is 0 Å². The molecule has 12 heavy (non-hydrogen) atoms. The summed E-state index contributed by atoms with van der Waals surface area (Å²) < 4.78 is 0. The van der Waals surface area contributed by atoms with E-state index in [0.29, 0.717) is 12.0 Å². The zero-order chi connectivity index (χ0) is 9.14. The van der Waals surface area contributed by atoms with Crippen LogP contribution in [0.15, 0.2) is 16.6 Å². The largest absolute Gasteiger partial charge is 0.370 e. The highest BCUT2D eigenvalue weighted by Gasteiger charge is 2.17. The minimum absolute atomic E-state index is 0.208. The Morgan fingerprint density at radius 2 is 2.25 bits per heavy atom. The van der Waals surface area contributed by atoms with E-state index in [1.807, 2.05) is 0 Å². The van der Waals surface area contributed by atoms with Crippen molar-refractivity contribution in [2.45, 2.75) is 32.7 Å². The number of rotatable bonds is 1. The van der Waals surface area contributed by atoms with Crippen molar-refractivity contribution in [1.82, 2.24) is 0 Å². The SMILES string of the molecule is CC1=CCC(N=C(N)N)CC1C. The van der Waals surface area contributed by atoms with E-state index in [1.54, 1.807) is 0 Å². The van der Waals surface area contributed by atoms with Gasteiger partial charge in [0.2, 0.25) is 0 Å². The summed E-state index contributed by atoms with van der Waals surface area (Å²) in [5, 5.41) is 0. The highest BCUT2D eigenvalue weighted by molar-refractivity contribution is 5.75. The van der Waals surface area contributed by atoms with E-state index >= 15 is 0 Å². The molecule has 0 bridgehead atoms. The maximum atomic E-state index is 5.31. The van der Waals surface area contributed by atoms with E-state index in [1.165, 1.54) is 5.57 Å². The molecule has 0 radical (unpaired) electrons. The van der Waals surface area contributed by atoms with Gasteiger partial charge in [-0.3, -0.25) is 0 Å². The summed E-state index contributed by atoms with van der Waals surface area (Å²) in [6.07, 6.45) is 4.28. The lowest BCUT2D eigenvalue weighted by molar-refractivity contribution is 0.489. The summed E-state index contributed by atoms with van der Waals surface area (Å²) in [5.41, 5.74) is 12.1. The molecule has 0 aliphatic heterocycles. The third-order valence-electron chi connectivity index (χ3n) is 2.45. The molecule has 0 aromatic heterocycles. The van der Waals surface area contributed by atoms with Crippen LogP contribution < -0.4 is 11.5 Å². The van der Waals surface area contributed by atoms with Gasteiger partial charge in [-0.25, -0.2) is 4.99 Å². The predicted molar refractivity (Wildman–Crippen MR) is 51.8 cm³/mol. The van der Waals surface area contributed by atoms with Gasteiger partial charge in [0.15, 0.2) is 5.96 Å². The number of hydrogen-bond donors (Lipinski definition) is 2. The van der Waals surface area contributed by atoms with E-state index in [-0.39, 0.29) is 5.96 Å². The predicted octanol–water partition coefficient (Wildman–Crippen LogP) is 1.00. The quantitative estimate of drug-likeness (QED) is 0.348. The summed E-state index contributed by atoms with van der Waals surface area (Å²) in [5.74, 6) is 0.826. The second-order valence-corrected chi connectivity index (χ2v) is 3.53. The second-order valence-electron chi connectivity index (χ2n) is 3.53. The van der Waals surface area contributed by atoms with Gasteiger partial charge in [-0.2, -0.15) is 0 Å². The number of guanidine groups is 1. The summed E-state index contributed by atoms with van der Waals surface area (Å²) in [4.78, 5) is 4.15. The molecule has 0 aromatic rings. The van der Waals surface area contributed by atoms with Crippen molar-refractivity contribution in [1.29, 1.82) is 0 Å². The number of nitrogens with two attached hydrogens (primary N) is 2. The molecule has 1 aliphatic carbocycles. The van der Waals surface area contributed by atoms with Gasteiger partial charge in [0.05, 0.1) is 6.04 Å². The van der Waals surface area contributed by atoms with Gasteiger partial charge in [0.25, 0.3) is 0 Å². The van der Waals surface area contributed by atoms with E-state index in [0.717, 1.165) is 12.8 Å². The molecule has 2 unspecified atom stereocenters. The lowest BCUT2D eigenvalue weighted by Crippen LogP contribution is -2.27. The highest BCUT2D eigenvalue weighted by Crippen LogP contribution is 2.25. The molecule has 68 valence electrons. The maximum Gasteiger partial charge on any atom is 0.186 e. The Labute approximate surface area is 73.5 Å². The number of hydrogen-bond acceptors (Lipinski definition) is 1. The highest BCUT2D eigenvalue weighted by atomic mass is 15.0. The van der Waals surface area contributed by atoms with E-state index in [2.05, 4.69) is 24.9 Å². The molecular weight excluding hydrogens is 150 g/mol. The second kappa shape index (κ2) is 3.61. The molecule has 0 fully saturated rings. The van der Waals surface area contributed by atoms with Crippen LogP contribution in [0, 0.1) is 5.92 Å². The third kappa shape index (κ3) is 2.26. The summed E-state index contributed by atoms with van der Waals surface area (Å²) in [7, 11) is 0. The Morgan fingerprint density at radius 3 is 2.75 bits per heavy atom. The van der Waals surface area contributed by atoms with Crippen molar-refractivity contribution in [3.05, 3.63) is 11.6 Å². The fourth-order valence-corrected chi connectivity index (χ4v) is 1.53. The van der Waals surface area contributed by atoms with Gasteiger partial charge in [-0.05, 0) is 25.7 Å². The van der Waals surface area contributed by atoms with Gasteiger partial charge in [-0.1, -0.05) is 18.6 Å². The molecule has 3 nitrogen and oxygen atoms in total. The molecule has 0 amide bonds. The third-order valence-corrected chi connectivity index (χ3v) is 2.45. The molecule has 0 aromatic carbocycles. The molecule has 1 aliphatic rings. The minimum atomic E-state index is 0.208. The van der Waals surface area contributed by atoms with Crippen molar-refractivity contribution >= 4 is 5.96 Å². The fourth-order valence-electron chi connectivity index (χ4n) is 1.53. The fraction of sp³-hybridized carbons (Fsp3) is 0.667. The first-order chi connectivity index (χ1) is 5.59. The molecule has 4 N–H and O–H groups in total. The lowest BCUT2D eigenvalue weighted by atomic mass is 9.87. The van der Waals surface area contributed by atoms with Crippen LogP contribution in [-0.4, -0.2) is 12.0 Å². The number of allylic oxidation sites excluding steroid dienone is 1. The first-order valence-corrected chi connectivity index (χ1v) is 4.35. The zero-order valence-corrected chi connectivity index (χ0v) is 7.75. The first-order valence-electron chi connectivity index (χ1n) is 4.35. The standard InChI is InChI=1S/C9H17N3/c1-6-3-4-8(5-7(6)2)12-9(10)11/h3,7-8H,4-5H2,1-2H3,(H4,10,11,12). The van der Waals surface area contributed by atoms with Crippen molar-refractivity contribution in [2.24, 2.45) is 22.4 Å². The van der Waals surface area contributed by atoms with Gasteiger partial charge >= 0.3 is 0 Å². The Bertz CT molecular complexity index is 214. The van der Waals surface area contributed by atoms with Gasteiger partial charge in [0, 0.05) is 0 Å². The van der Waals surface area contributed by atoms with Crippen molar-refractivity contribution in [2.75, 3.05) is 0 Å². The molecule has 0 heterocycles. The smallest absolute Gasteiger partial charge is 0.186 e. The van der Waals surface area contributed by atoms with E-state index in [4.69, 9.17) is 11.5 Å². The zero-order valence-electron chi connectivity index (χ0n) is 7.75. The lowest BCUT2D eigenvalue weighted by Gasteiger charge is -2.22.